The minimum atomic E-state index is 0.199. The van der Waals surface area contributed by atoms with Crippen molar-refractivity contribution in [1.29, 1.82) is 0 Å². The zero-order chi connectivity index (χ0) is 12.7. The van der Waals surface area contributed by atoms with E-state index in [4.69, 9.17) is 10.5 Å². The second-order valence-electron chi connectivity index (χ2n) is 4.86. The fraction of sp³-hybridized carbons (Fsp3) is 0.667. The van der Waals surface area contributed by atoms with Crippen LogP contribution in [0.4, 0.5) is 5.82 Å². The molecule has 0 aliphatic rings. The van der Waals surface area contributed by atoms with E-state index in [0.29, 0.717) is 5.88 Å². The molecule has 0 aliphatic carbocycles. The SMILES string of the molecule is COc1cncc(NCC(C)(C)CCCN)n1. The van der Waals surface area contributed by atoms with E-state index in [1.54, 1.807) is 19.5 Å². The molecule has 1 aromatic heterocycles. The van der Waals surface area contributed by atoms with Gasteiger partial charge >= 0.3 is 0 Å². The van der Waals surface area contributed by atoms with Gasteiger partial charge in [0.1, 0.15) is 5.82 Å². The molecule has 1 rings (SSSR count). The first-order valence-electron chi connectivity index (χ1n) is 5.87. The Kier molecular flexibility index (Phi) is 5.15. The zero-order valence-electron chi connectivity index (χ0n) is 10.9. The van der Waals surface area contributed by atoms with E-state index in [1.807, 2.05) is 0 Å². The molecule has 0 aromatic carbocycles. The minimum Gasteiger partial charge on any atom is -0.480 e. The topological polar surface area (TPSA) is 73.1 Å². The third-order valence-corrected chi connectivity index (χ3v) is 2.63. The molecular weight excluding hydrogens is 216 g/mol. The zero-order valence-corrected chi connectivity index (χ0v) is 10.9. The first kappa shape index (κ1) is 13.7. The van der Waals surface area contributed by atoms with Crippen molar-refractivity contribution in [1.82, 2.24) is 9.97 Å². The van der Waals surface area contributed by atoms with Crippen LogP contribution in [0.15, 0.2) is 12.4 Å². The summed E-state index contributed by atoms with van der Waals surface area (Å²) in [7, 11) is 1.58. The lowest BCUT2D eigenvalue weighted by Gasteiger charge is -2.24. The van der Waals surface area contributed by atoms with Crippen LogP contribution in [-0.2, 0) is 0 Å². The number of hydrogen-bond acceptors (Lipinski definition) is 5. The lowest BCUT2D eigenvalue weighted by Crippen LogP contribution is -2.24. The van der Waals surface area contributed by atoms with E-state index in [-0.39, 0.29) is 5.41 Å². The van der Waals surface area contributed by atoms with Crippen molar-refractivity contribution in [3.8, 4) is 5.88 Å². The fourth-order valence-electron chi connectivity index (χ4n) is 1.53. The fourth-order valence-corrected chi connectivity index (χ4v) is 1.53. The normalized spacial score (nSPS) is 11.3. The summed E-state index contributed by atoms with van der Waals surface area (Å²) in [6, 6.07) is 0. The van der Waals surface area contributed by atoms with Crippen LogP contribution in [0, 0.1) is 5.41 Å². The smallest absolute Gasteiger partial charge is 0.233 e. The Morgan fingerprint density at radius 1 is 1.41 bits per heavy atom. The Labute approximate surface area is 103 Å². The van der Waals surface area contributed by atoms with Crippen LogP contribution in [0.5, 0.6) is 5.88 Å². The van der Waals surface area contributed by atoms with E-state index in [0.717, 1.165) is 31.7 Å². The number of ether oxygens (including phenoxy) is 1. The monoisotopic (exact) mass is 238 g/mol. The molecule has 0 aliphatic heterocycles. The van der Waals surface area contributed by atoms with Gasteiger partial charge in [0.2, 0.25) is 5.88 Å². The number of rotatable bonds is 7. The first-order valence-corrected chi connectivity index (χ1v) is 5.87. The van der Waals surface area contributed by atoms with Crippen molar-refractivity contribution in [3.05, 3.63) is 12.4 Å². The Morgan fingerprint density at radius 2 is 2.18 bits per heavy atom. The number of hydrogen-bond donors (Lipinski definition) is 2. The molecule has 0 fully saturated rings. The summed E-state index contributed by atoms with van der Waals surface area (Å²) in [6.45, 7) is 6.00. The molecule has 0 amide bonds. The number of aromatic nitrogens is 2. The Hall–Kier alpha value is -1.36. The van der Waals surface area contributed by atoms with Gasteiger partial charge in [0, 0.05) is 6.54 Å². The van der Waals surface area contributed by atoms with Gasteiger partial charge < -0.3 is 15.8 Å². The number of nitrogens with zero attached hydrogens (tertiary/aromatic N) is 2. The average molecular weight is 238 g/mol. The summed E-state index contributed by atoms with van der Waals surface area (Å²) in [5, 5.41) is 3.27. The van der Waals surface area contributed by atoms with E-state index in [9.17, 15) is 0 Å². The quantitative estimate of drug-likeness (QED) is 0.756. The van der Waals surface area contributed by atoms with Crippen LogP contribution in [0.3, 0.4) is 0 Å². The largest absolute Gasteiger partial charge is 0.480 e. The molecule has 0 spiro atoms. The lowest BCUT2D eigenvalue weighted by atomic mass is 9.88. The number of methoxy groups -OCH3 is 1. The predicted octanol–water partition coefficient (Wildman–Crippen LogP) is 1.66. The van der Waals surface area contributed by atoms with Gasteiger partial charge in [0.25, 0.3) is 0 Å². The Bertz CT molecular complexity index is 341. The van der Waals surface area contributed by atoms with Gasteiger partial charge in [0.05, 0.1) is 19.5 Å². The molecule has 17 heavy (non-hydrogen) atoms. The van der Waals surface area contributed by atoms with Crippen molar-refractivity contribution in [3.63, 3.8) is 0 Å². The molecule has 5 heteroatoms. The molecule has 96 valence electrons. The molecule has 0 radical (unpaired) electrons. The third kappa shape index (κ3) is 4.99. The van der Waals surface area contributed by atoms with Gasteiger partial charge in [0.15, 0.2) is 0 Å². The number of nitrogens with one attached hydrogen (secondary N) is 1. The standard InChI is InChI=1S/C12H22N4O/c1-12(2,5-4-6-13)9-15-10-7-14-8-11(16-10)17-3/h7-8H,4-6,9,13H2,1-3H3,(H,15,16). The van der Waals surface area contributed by atoms with Crippen molar-refractivity contribution in [2.75, 3.05) is 25.5 Å². The molecule has 0 bridgehead atoms. The molecule has 0 atom stereocenters. The Balaban J connectivity index is 2.48. The maximum atomic E-state index is 5.52. The third-order valence-electron chi connectivity index (χ3n) is 2.63. The number of nitrogens with two attached hydrogens (primary N) is 1. The summed E-state index contributed by atoms with van der Waals surface area (Å²) in [4.78, 5) is 8.30. The van der Waals surface area contributed by atoms with E-state index in [2.05, 4.69) is 29.1 Å². The predicted molar refractivity (Wildman–Crippen MR) is 69.1 cm³/mol. The highest BCUT2D eigenvalue weighted by atomic mass is 16.5. The van der Waals surface area contributed by atoms with Gasteiger partial charge in [-0.1, -0.05) is 13.8 Å². The number of anilines is 1. The summed E-state index contributed by atoms with van der Waals surface area (Å²) in [5.74, 6) is 1.26. The summed E-state index contributed by atoms with van der Waals surface area (Å²) >= 11 is 0. The average Bonchev–Trinajstić information content (AvgIpc) is 2.34. The minimum absolute atomic E-state index is 0.199. The maximum absolute atomic E-state index is 5.52. The van der Waals surface area contributed by atoms with Crippen molar-refractivity contribution >= 4 is 5.82 Å². The van der Waals surface area contributed by atoms with Crippen LogP contribution in [0.2, 0.25) is 0 Å². The molecule has 0 unspecified atom stereocenters. The molecule has 0 saturated heterocycles. The van der Waals surface area contributed by atoms with Crippen molar-refractivity contribution in [2.24, 2.45) is 11.1 Å². The van der Waals surface area contributed by atoms with Crippen molar-refractivity contribution in [2.45, 2.75) is 26.7 Å². The van der Waals surface area contributed by atoms with E-state index >= 15 is 0 Å². The highest BCUT2D eigenvalue weighted by Crippen LogP contribution is 2.22. The Morgan fingerprint density at radius 3 is 2.82 bits per heavy atom. The maximum Gasteiger partial charge on any atom is 0.233 e. The van der Waals surface area contributed by atoms with Gasteiger partial charge in [-0.25, -0.2) is 0 Å². The molecule has 1 heterocycles. The summed E-state index contributed by atoms with van der Waals surface area (Å²) in [6.07, 6.45) is 5.42. The highest BCUT2D eigenvalue weighted by molar-refractivity contribution is 5.33. The van der Waals surface area contributed by atoms with E-state index in [1.165, 1.54) is 0 Å². The molecular formula is C12H22N4O. The lowest BCUT2D eigenvalue weighted by molar-refractivity contribution is 0.349. The van der Waals surface area contributed by atoms with Gasteiger partial charge in [-0.05, 0) is 24.8 Å². The van der Waals surface area contributed by atoms with Gasteiger partial charge in [-0.15, -0.1) is 0 Å². The highest BCUT2D eigenvalue weighted by Gasteiger charge is 2.17. The summed E-state index contributed by atoms with van der Waals surface area (Å²) < 4.78 is 5.02. The molecule has 5 nitrogen and oxygen atoms in total. The van der Waals surface area contributed by atoms with Crippen LogP contribution in [0.25, 0.3) is 0 Å². The van der Waals surface area contributed by atoms with Gasteiger partial charge in [-0.2, -0.15) is 4.98 Å². The summed E-state index contributed by atoms with van der Waals surface area (Å²) in [5.41, 5.74) is 5.72. The van der Waals surface area contributed by atoms with Crippen LogP contribution in [0.1, 0.15) is 26.7 Å². The molecule has 0 saturated carbocycles. The van der Waals surface area contributed by atoms with Crippen molar-refractivity contribution < 1.29 is 4.74 Å². The second kappa shape index (κ2) is 6.39. The van der Waals surface area contributed by atoms with Crippen LogP contribution >= 0.6 is 0 Å². The second-order valence-corrected chi connectivity index (χ2v) is 4.86. The van der Waals surface area contributed by atoms with E-state index < -0.39 is 0 Å². The van der Waals surface area contributed by atoms with Crippen LogP contribution in [-0.4, -0.2) is 30.2 Å². The first-order chi connectivity index (χ1) is 8.07. The molecule has 3 N–H and O–H groups in total. The van der Waals surface area contributed by atoms with Crippen LogP contribution < -0.4 is 15.8 Å². The molecule has 1 aromatic rings. The van der Waals surface area contributed by atoms with Gasteiger partial charge in [-0.3, -0.25) is 4.98 Å².